The Morgan fingerprint density at radius 1 is 1.10 bits per heavy atom. The van der Waals surface area contributed by atoms with Crippen molar-refractivity contribution >= 4 is 50.2 Å². The second-order valence-corrected chi connectivity index (χ2v) is 11.3. The number of ketones is 1. The van der Waals surface area contributed by atoms with Crippen molar-refractivity contribution in [1.82, 2.24) is 29.6 Å². The SMILES string of the molecule is CC(=O)c1nn(CC(=O)N2CC(C)CC2C(=O)Nc2nc(Br)ccc2C)c2c(C)cc(-c3cnc(CO)nc3)cc12. The fourth-order valence-electron chi connectivity index (χ4n) is 5.27. The zero-order chi connectivity index (χ0) is 29.4. The van der Waals surface area contributed by atoms with Gasteiger partial charge in [-0.25, -0.2) is 15.0 Å². The van der Waals surface area contributed by atoms with Gasteiger partial charge >= 0.3 is 0 Å². The lowest BCUT2D eigenvalue weighted by atomic mass is 10.0. The van der Waals surface area contributed by atoms with Crippen molar-refractivity contribution in [2.24, 2.45) is 5.92 Å². The topological polar surface area (TPSA) is 143 Å². The Morgan fingerprint density at radius 3 is 2.51 bits per heavy atom. The molecular formula is C29H30BrN7O4. The van der Waals surface area contributed by atoms with Crippen LogP contribution in [0, 0.1) is 19.8 Å². The minimum Gasteiger partial charge on any atom is -0.388 e. The Balaban J connectivity index is 1.44. The summed E-state index contributed by atoms with van der Waals surface area (Å²) in [5.74, 6) is 0.119. The minimum absolute atomic E-state index is 0.122. The molecule has 2 unspecified atom stereocenters. The summed E-state index contributed by atoms with van der Waals surface area (Å²) in [6.45, 7) is 7.26. The number of likely N-dealkylation sites (tertiary alicyclic amines) is 1. The molecule has 1 aliphatic rings. The van der Waals surface area contributed by atoms with Crippen LogP contribution in [-0.4, -0.2) is 64.9 Å². The third kappa shape index (κ3) is 5.75. The highest BCUT2D eigenvalue weighted by Crippen LogP contribution is 2.31. The lowest BCUT2D eigenvalue weighted by Crippen LogP contribution is -2.44. The molecule has 5 rings (SSSR count). The molecule has 1 aromatic carbocycles. The number of aliphatic hydroxyl groups is 1. The molecule has 4 heterocycles. The van der Waals surface area contributed by atoms with Gasteiger partial charge in [0.05, 0.1) is 5.52 Å². The van der Waals surface area contributed by atoms with E-state index in [-0.39, 0.29) is 42.4 Å². The van der Waals surface area contributed by atoms with Gasteiger partial charge in [0.25, 0.3) is 0 Å². The fourth-order valence-corrected chi connectivity index (χ4v) is 5.58. The Kier molecular flexibility index (Phi) is 7.96. The van der Waals surface area contributed by atoms with E-state index in [9.17, 15) is 19.5 Å². The van der Waals surface area contributed by atoms with Gasteiger partial charge < -0.3 is 15.3 Å². The van der Waals surface area contributed by atoms with Crippen LogP contribution >= 0.6 is 15.9 Å². The van der Waals surface area contributed by atoms with E-state index in [1.807, 2.05) is 39.0 Å². The van der Waals surface area contributed by atoms with Crippen molar-refractivity contribution in [2.45, 2.75) is 53.3 Å². The number of pyridine rings is 1. The zero-order valence-corrected chi connectivity index (χ0v) is 24.8. The highest BCUT2D eigenvalue weighted by Gasteiger charge is 2.38. The van der Waals surface area contributed by atoms with Crippen LogP contribution in [-0.2, 0) is 22.7 Å². The van der Waals surface area contributed by atoms with Crippen molar-refractivity contribution in [2.75, 3.05) is 11.9 Å². The average molecular weight is 621 g/mol. The van der Waals surface area contributed by atoms with Crippen LogP contribution in [0.15, 0.2) is 41.3 Å². The molecule has 1 saturated heterocycles. The summed E-state index contributed by atoms with van der Waals surface area (Å²) >= 11 is 3.34. The van der Waals surface area contributed by atoms with Gasteiger partial charge in [0.2, 0.25) is 11.8 Å². The maximum absolute atomic E-state index is 13.7. The van der Waals surface area contributed by atoms with E-state index >= 15 is 0 Å². The lowest BCUT2D eigenvalue weighted by Gasteiger charge is -2.24. The average Bonchev–Trinajstić information content (AvgIpc) is 3.52. The number of hydrogen-bond donors (Lipinski definition) is 2. The summed E-state index contributed by atoms with van der Waals surface area (Å²) in [7, 11) is 0. The molecule has 0 radical (unpaired) electrons. The number of aliphatic hydroxyl groups excluding tert-OH is 1. The number of carbonyl (C=O) groups excluding carboxylic acids is 3. The molecule has 41 heavy (non-hydrogen) atoms. The monoisotopic (exact) mass is 619 g/mol. The minimum atomic E-state index is -0.652. The van der Waals surface area contributed by atoms with Crippen LogP contribution in [0.25, 0.3) is 22.0 Å². The predicted molar refractivity (Wildman–Crippen MR) is 156 cm³/mol. The number of anilines is 1. The van der Waals surface area contributed by atoms with E-state index in [4.69, 9.17) is 0 Å². The number of fused-ring (bicyclic) bond motifs is 1. The molecule has 0 aliphatic carbocycles. The maximum Gasteiger partial charge on any atom is 0.248 e. The van der Waals surface area contributed by atoms with E-state index in [1.54, 1.807) is 28.0 Å². The number of benzene rings is 1. The van der Waals surface area contributed by atoms with Crippen molar-refractivity contribution < 1.29 is 19.5 Å². The Labute approximate surface area is 245 Å². The highest BCUT2D eigenvalue weighted by molar-refractivity contribution is 9.10. The van der Waals surface area contributed by atoms with E-state index < -0.39 is 6.04 Å². The number of nitrogens with one attached hydrogen (secondary N) is 1. The predicted octanol–water partition coefficient (Wildman–Crippen LogP) is 3.84. The van der Waals surface area contributed by atoms with E-state index in [0.29, 0.717) is 40.1 Å². The Hall–Kier alpha value is -4.03. The molecule has 3 aromatic heterocycles. The molecule has 2 N–H and O–H groups in total. The van der Waals surface area contributed by atoms with Gasteiger partial charge in [-0.2, -0.15) is 5.10 Å². The van der Waals surface area contributed by atoms with E-state index in [1.165, 1.54) is 6.92 Å². The van der Waals surface area contributed by atoms with Crippen LogP contribution < -0.4 is 5.32 Å². The van der Waals surface area contributed by atoms with Crippen molar-refractivity contribution in [3.05, 3.63) is 63.9 Å². The number of rotatable bonds is 7. The van der Waals surface area contributed by atoms with E-state index in [2.05, 4.69) is 41.3 Å². The smallest absolute Gasteiger partial charge is 0.248 e. The molecular weight excluding hydrogens is 590 g/mol. The van der Waals surface area contributed by atoms with Crippen molar-refractivity contribution in [3.63, 3.8) is 0 Å². The number of amides is 2. The molecule has 0 spiro atoms. The van der Waals surface area contributed by atoms with E-state index in [0.717, 1.165) is 22.3 Å². The summed E-state index contributed by atoms with van der Waals surface area (Å²) in [6.07, 6.45) is 3.76. The second-order valence-electron chi connectivity index (χ2n) is 10.5. The first-order chi connectivity index (χ1) is 19.5. The number of aryl methyl sites for hydroxylation is 2. The van der Waals surface area contributed by atoms with Gasteiger partial charge in [-0.3, -0.25) is 19.1 Å². The Bertz CT molecular complexity index is 1670. The summed E-state index contributed by atoms with van der Waals surface area (Å²) in [6, 6.07) is 6.77. The molecule has 12 heteroatoms. The quantitative estimate of drug-likeness (QED) is 0.235. The van der Waals surface area contributed by atoms with Crippen LogP contribution in [0.1, 0.15) is 47.7 Å². The van der Waals surface area contributed by atoms with Crippen molar-refractivity contribution in [1.29, 1.82) is 0 Å². The largest absolute Gasteiger partial charge is 0.388 e. The third-order valence-corrected chi connectivity index (χ3v) is 7.71. The lowest BCUT2D eigenvalue weighted by molar-refractivity contribution is -0.137. The third-order valence-electron chi connectivity index (χ3n) is 7.27. The van der Waals surface area contributed by atoms with Gasteiger partial charge in [-0.15, -0.1) is 0 Å². The summed E-state index contributed by atoms with van der Waals surface area (Å²) in [5, 5.41) is 17.3. The molecule has 1 aliphatic heterocycles. The number of aromatic nitrogens is 5. The standard InChI is InChI=1S/C29H30BrN7O4/c1-15-7-22(29(41)34-28-16(2)5-6-23(30)33-28)36(12-15)25(40)13-37-27-17(3)8-19(9-21(27)26(35-37)18(4)39)20-10-31-24(14-38)32-11-20/h5-6,8-11,15,22,38H,7,12-14H2,1-4H3,(H,33,34,41). The van der Waals surface area contributed by atoms with Gasteiger partial charge in [0.15, 0.2) is 11.6 Å². The fraction of sp³-hybridized carbons (Fsp3) is 0.345. The van der Waals surface area contributed by atoms with Gasteiger partial charge in [0, 0.05) is 36.8 Å². The molecule has 2 atom stereocenters. The van der Waals surface area contributed by atoms with Crippen LogP contribution in [0.3, 0.4) is 0 Å². The molecule has 212 valence electrons. The first-order valence-electron chi connectivity index (χ1n) is 13.2. The first-order valence-corrected chi connectivity index (χ1v) is 14.0. The number of halogens is 1. The van der Waals surface area contributed by atoms with Crippen LogP contribution in [0.2, 0.25) is 0 Å². The number of carbonyl (C=O) groups is 3. The highest BCUT2D eigenvalue weighted by atomic mass is 79.9. The molecule has 0 bridgehead atoms. The Morgan fingerprint density at radius 2 is 1.83 bits per heavy atom. The van der Waals surface area contributed by atoms with Gasteiger partial charge in [-0.1, -0.05) is 13.0 Å². The molecule has 1 fully saturated rings. The second kappa shape index (κ2) is 11.5. The molecule has 11 nitrogen and oxygen atoms in total. The number of Topliss-reactive ketones (excluding diaryl/α,β-unsaturated/α-hetero) is 1. The van der Waals surface area contributed by atoms with Crippen molar-refractivity contribution in [3.8, 4) is 11.1 Å². The zero-order valence-electron chi connectivity index (χ0n) is 23.2. The summed E-state index contributed by atoms with van der Waals surface area (Å²) in [5.41, 5.74) is 4.07. The maximum atomic E-state index is 13.7. The molecule has 2 amide bonds. The summed E-state index contributed by atoms with van der Waals surface area (Å²) < 4.78 is 2.16. The van der Waals surface area contributed by atoms with Gasteiger partial charge in [0.1, 0.15) is 35.3 Å². The first kappa shape index (κ1) is 28.5. The van der Waals surface area contributed by atoms with Crippen LogP contribution in [0.5, 0.6) is 0 Å². The van der Waals surface area contributed by atoms with Gasteiger partial charge in [-0.05, 0) is 77.0 Å². The van der Waals surface area contributed by atoms with Crippen LogP contribution in [0.4, 0.5) is 5.82 Å². The normalized spacial score (nSPS) is 16.8. The number of nitrogens with zero attached hydrogens (tertiary/aromatic N) is 6. The number of hydrogen-bond acceptors (Lipinski definition) is 8. The molecule has 4 aromatic rings. The molecule has 0 saturated carbocycles. The summed E-state index contributed by atoms with van der Waals surface area (Å²) in [4.78, 5) is 53.8.